The minimum absolute atomic E-state index is 0.0251. The third kappa shape index (κ3) is 5.02. The van der Waals surface area contributed by atoms with E-state index in [0.29, 0.717) is 12.3 Å². The summed E-state index contributed by atoms with van der Waals surface area (Å²) in [6, 6.07) is 17.3. The topological polar surface area (TPSA) is 38.8 Å². The maximum atomic E-state index is 12.5. The number of carbonyl (C=O) groups is 1. The number of carbonyl (C=O) groups excluding carboxylic acids is 1. The lowest BCUT2D eigenvalue weighted by molar-refractivity contribution is -0.135. The average molecular weight is 313 g/mol. The number of hydrogen-bond acceptors (Lipinski definition) is 3. The summed E-state index contributed by atoms with van der Waals surface area (Å²) < 4.78 is 10.7. The molecule has 122 valence electrons. The minimum Gasteiger partial charge on any atom is -0.497 e. The molecule has 0 saturated carbocycles. The summed E-state index contributed by atoms with van der Waals surface area (Å²) in [6.45, 7) is 4.63. The van der Waals surface area contributed by atoms with Gasteiger partial charge in [0, 0.05) is 12.6 Å². The van der Waals surface area contributed by atoms with Gasteiger partial charge in [0.15, 0.2) is 6.61 Å². The maximum Gasteiger partial charge on any atom is 0.261 e. The molecule has 2 rings (SSSR count). The fourth-order valence-corrected chi connectivity index (χ4v) is 2.24. The predicted octanol–water partition coefficient (Wildman–Crippen LogP) is 3.51. The monoisotopic (exact) mass is 313 g/mol. The lowest BCUT2D eigenvalue weighted by Gasteiger charge is -2.27. The number of nitrogens with zero attached hydrogens (tertiary/aromatic N) is 1. The largest absolute Gasteiger partial charge is 0.497 e. The summed E-state index contributed by atoms with van der Waals surface area (Å²) in [4.78, 5) is 14.3. The van der Waals surface area contributed by atoms with Crippen molar-refractivity contribution in [3.63, 3.8) is 0 Å². The Labute approximate surface area is 137 Å². The van der Waals surface area contributed by atoms with Gasteiger partial charge in [0.2, 0.25) is 0 Å². The highest BCUT2D eigenvalue weighted by Crippen LogP contribution is 2.17. The number of rotatable bonds is 7. The highest BCUT2D eigenvalue weighted by molar-refractivity contribution is 5.78. The lowest BCUT2D eigenvalue weighted by Crippen LogP contribution is -2.39. The zero-order valence-electron chi connectivity index (χ0n) is 13.9. The molecule has 4 nitrogen and oxygen atoms in total. The van der Waals surface area contributed by atoms with Gasteiger partial charge in [0.25, 0.3) is 5.91 Å². The van der Waals surface area contributed by atoms with Crippen LogP contribution in [0.25, 0.3) is 0 Å². The van der Waals surface area contributed by atoms with Crippen LogP contribution in [-0.2, 0) is 11.3 Å². The standard InChI is InChI=1S/C19H23NO3/c1-15(2)20(13-16-7-5-4-6-8-16)19(21)14-23-18-11-9-17(22-3)10-12-18/h4-12,15H,13-14H2,1-3H3. The molecule has 0 unspecified atom stereocenters. The quantitative estimate of drug-likeness (QED) is 0.785. The highest BCUT2D eigenvalue weighted by atomic mass is 16.5. The number of amides is 1. The van der Waals surface area contributed by atoms with E-state index in [1.54, 1.807) is 19.2 Å². The normalized spacial score (nSPS) is 10.4. The van der Waals surface area contributed by atoms with Gasteiger partial charge in [-0.2, -0.15) is 0 Å². The third-order valence-corrected chi connectivity index (χ3v) is 3.56. The molecule has 0 spiro atoms. The van der Waals surface area contributed by atoms with E-state index >= 15 is 0 Å². The summed E-state index contributed by atoms with van der Waals surface area (Å²) in [5, 5.41) is 0. The van der Waals surface area contributed by atoms with Gasteiger partial charge >= 0.3 is 0 Å². The van der Waals surface area contributed by atoms with Crippen LogP contribution in [0.5, 0.6) is 11.5 Å². The number of benzene rings is 2. The fourth-order valence-electron chi connectivity index (χ4n) is 2.24. The van der Waals surface area contributed by atoms with Crippen LogP contribution in [0.4, 0.5) is 0 Å². The molecule has 0 fully saturated rings. The molecular formula is C19H23NO3. The van der Waals surface area contributed by atoms with Gasteiger partial charge in [-0.3, -0.25) is 4.79 Å². The van der Waals surface area contributed by atoms with E-state index in [9.17, 15) is 4.79 Å². The molecule has 4 heteroatoms. The van der Waals surface area contributed by atoms with E-state index in [2.05, 4.69) is 0 Å². The van der Waals surface area contributed by atoms with Crippen LogP contribution in [0, 0.1) is 0 Å². The van der Waals surface area contributed by atoms with Gasteiger partial charge in [-0.25, -0.2) is 0 Å². The van der Waals surface area contributed by atoms with E-state index in [1.807, 2.05) is 61.2 Å². The van der Waals surface area contributed by atoms with E-state index in [1.165, 1.54) is 0 Å². The third-order valence-electron chi connectivity index (χ3n) is 3.56. The van der Waals surface area contributed by atoms with Gasteiger partial charge in [0.1, 0.15) is 11.5 Å². The average Bonchev–Trinajstić information content (AvgIpc) is 2.58. The molecule has 0 aliphatic carbocycles. The van der Waals surface area contributed by atoms with Gasteiger partial charge in [-0.15, -0.1) is 0 Å². The van der Waals surface area contributed by atoms with Crippen molar-refractivity contribution in [1.29, 1.82) is 0 Å². The Morgan fingerprint density at radius 2 is 1.61 bits per heavy atom. The molecule has 2 aromatic rings. The van der Waals surface area contributed by atoms with E-state index in [-0.39, 0.29) is 18.6 Å². The molecule has 23 heavy (non-hydrogen) atoms. The zero-order chi connectivity index (χ0) is 16.7. The molecule has 0 aliphatic heterocycles. The fraction of sp³-hybridized carbons (Fsp3) is 0.316. The Bertz CT molecular complexity index is 608. The van der Waals surface area contributed by atoms with Crippen molar-refractivity contribution in [2.45, 2.75) is 26.4 Å². The molecule has 2 aromatic carbocycles. The van der Waals surface area contributed by atoms with Crippen molar-refractivity contribution in [2.75, 3.05) is 13.7 Å². The first-order valence-electron chi connectivity index (χ1n) is 7.70. The first-order valence-corrected chi connectivity index (χ1v) is 7.70. The zero-order valence-corrected chi connectivity index (χ0v) is 13.9. The summed E-state index contributed by atoms with van der Waals surface area (Å²) in [5.74, 6) is 1.39. The van der Waals surface area contributed by atoms with Crippen molar-refractivity contribution >= 4 is 5.91 Å². The van der Waals surface area contributed by atoms with E-state index < -0.39 is 0 Å². The van der Waals surface area contributed by atoms with Gasteiger partial charge in [-0.1, -0.05) is 30.3 Å². The van der Waals surface area contributed by atoms with Crippen LogP contribution in [0.1, 0.15) is 19.4 Å². The molecule has 0 N–H and O–H groups in total. The Kier molecular flexibility index (Phi) is 6.03. The maximum absolute atomic E-state index is 12.5. The summed E-state index contributed by atoms with van der Waals surface area (Å²) in [5.41, 5.74) is 1.11. The molecule has 0 heterocycles. The van der Waals surface area contributed by atoms with Crippen molar-refractivity contribution in [3.8, 4) is 11.5 Å². The second-order valence-electron chi connectivity index (χ2n) is 5.57. The first-order chi connectivity index (χ1) is 11.1. The van der Waals surface area contributed by atoms with E-state index in [0.717, 1.165) is 11.3 Å². The highest BCUT2D eigenvalue weighted by Gasteiger charge is 2.17. The molecular weight excluding hydrogens is 290 g/mol. The second kappa shape index (κ2) is 8.22. The molecule has 0 bridgehead atoms. The van der Waals surface area contributed by atoms with Crippen LogP contribution >= 0.6 is 0 Å². The van der Waals surface area contributed by atoms with Crippen LogP contribution in [0.2, 0.25) is 0 Å². The molecule has 0 aromatic heterocycles. The summed E-state index contributed by atoms with van der Waals surface area (Å²) in [7, 11) is 1.61. The second-order valence-corrected chi connectivity index (χ2v) is 5.57. The summed E-state index contributed by atoms with van der Waals surface area (Å²) >= 11 is 0. The molecule has 0 atom stereocenters. The Morgan fingerprint density at radius 3 is 2.17 bits per heavy atom. The Balaban J connectivity index is 1.95. The number of methoxy groups -OCH3 is 1. The van der Waals surface area contributed by atoms with Crippen molar-refractivity contribution < 1.29 is 14.3 Å². The smallest absolute Gasteiger partial charge is 0.261 e. The van der Waals surface area contributed by atoms with Crippen molar-refractivity contribution in [1.82, 2.24) is 4.90 Å². The predicted molar refractivity (Wildman–Crippen MR) is 90.6 cm³/mol. The molecule has 0 radical (unpaired) electrons. The molecule has 1 amide bonds. The SMILES string of the molecule is COc1ccc(OCC(=O)N(Cc2ccccc2)C(C)C)cc1. The lowest BCUT2D eigenvalue weighted by atomic mass is 10.2. The van der Waals surface area contributed by atoms with Crippen LogP contribution in [0.15, 0.2) is 54.6 Å². The Morgan fingerprint density at radius 1 is 1.00 bits per heavy atom. The van der Waals surface area contributed by atoms with Gasteiger partial charge in [0.05, 0.1) is 7.11 Å². The van der Waals surface area contributed by atoms with Crippen molar-refractivity contribution in [2.24, 2.45) is 0 Å². The van der Waals surface area contributed by atoms with Crippen LogP contribution in [-0.4, -0.2) is 30.6 Å². The van der Waals surface area contributed by atoms with Crippen molar-refractivity contribution in [3.05, 3.63) is 60.2 Å². The first kappa shape index (κ1) is 16.9. The van der Waals surface area contributed by atoms with Gasteiger partial charge in [-0.05, 0) is 43.7 Å². The number of ether oxygens (including phenoxy) is 2. The van der Waals surface area contributed by atoms with Crippen LogP contribution in [0.3, 0.4) is 0 Å². The van der Waals surface area contributed by atoms with Gasteiger partial charge < -0.3 is 14.4 Å². The van der Waals surface area contributed by atoms with E-state index in [4.69, 9.17) is 9.47 Å². The molecule has 0 saturated heterocycles. The molecule has 0 aliphatic rings. The number of hydrogen-bond donors (Lipinski definition) is 0. The summed E-state index contributed by atoms with van der Waals surface area (Å²) in [6.07, 6.45) is 0. The Hall–Kier alpha value is -2.49. The minimum atomic E-state index is -0.0281. The van der Waals surface area contributed by atoms with Crippen LogP contribution < -0.4 is 9.47 Å².